The Morgan fingerprint density at radius 3 is 2.80 bits per heavy atom. The standard InChI is InChI=1S/C10H12BrNO3/c11-9-4-3-8(15-9)5-12(6-10(13)14)7-1-2-7/h3-4,7H,1-2,5-6H2,(H,13,14). The van der Waals surface area contributed by atoms with Gasteiger partial charge in [-0.3, -0.25) is 9.69 Å². The van der Waals surface area contributed by atoms with E-state index in [4.69, 9.17) is 9.52 Å². The minimum Gasteiger partial charge on any atom is -0.480 e. The summed E-state index contributed by atoms with van der Waals surface area (Å²) in [6.07, 6.45) is 2.18. The van der Waals surface area contributed by atoms with Gasteiger partial charge in [0.25, 0.3) is 0 Å². The number of halogens is 1. The lowest BCUT2D eigenvalue weighted by molar-refractivity contribution is -0.138. The van der Waals surface area contributed by atoms with Crippen LogP contribution < -0.4 is 0 Å². The highest BCUT2D eigenvalue weighted by Gasteiger charge is 2.30. The number of carboxylic acid groups (broad SMARTS) is 1. The van der Waals surface area contributed by atoms with Crippen molar-refractivity contribution in [3.8, 4) is 0 Å². The molecule has 0 spiro atoms. The molecule has 1 heterocycles. The smallest absolute Gasteiger partial charge is 0.317 e. The van der Waals surface area contributed by atoms with Crippen LogP contribution >= 0.6 is 15.9 Å². The number of nitrogens with zero attached hydrogens (tertiary/aromatic N) is 1. The molecule has 1 aromatic rings. The molecule has 1 aromatic heterocycles. The monoisotopic (exact) mass is 273 g/mol. The molecule has 1 saturated carbocycles. The summed E-state index contributed by atoms with van der Waals surface area (Å²) in [7, 11) is 0. The van der Waals surface area contributed by atoms with Gasteiger partial charge in [-0.2, -0.15) is 0 Å². The van der Waals surface area contributed by atoms with E-state index in [9.17, 15) is 4.79 Å². The van der Waals surface area contributed by atoms with Crippen molar-refractivity contribution < 1.29 is 14.3 Å². The normalized spacial score (nSPS) is 15.9. The van der Waals surface area contributed by atoms with Crippen LogP contribution in [-0.2, 0) is 11.3 Å². The summed E-state index contributed by atoms with van der Waals surface area (Å²) >= 11 is 3.22. The van der Waals surface area contributed by atoms with Gasteiger partial charge in [-0.25, -0.2) is 0 Å². The molecule has 0 aliphatic heterocycles. The molecule has 0 aromatic carbocycles. The van der Waals surface area contributed by atoms with Gasteiger partial charge >= 0.3 is 5.97 Å². The van der Waals surface area contributed by atoms with Gasteiger partial charge in [-0.15, -0.1) is 0 Å². The molecule has 2 rings (SSSR count). The summed E-state index contributed by atoms with van der Waals surface area (Å²) in [5, 5.41) is 8.76. The zero-order chi connectivity index (χ0) is 10.8. The maximum atomic E-state index is 10.7. The second kappa shape index (κ2) is 4.37. The molecule has 0 amide bonds. The van der Waals surface area contributed by atoms with Crippen molar-refractivity contribution in [1.29, 1.82) is 0 Å². The molecule has 1 fully saturated rings. The highest BCUT2D eigenvalue weighted by atomic mass is 79.9. The number of carbonyl (C=O) groups is 1. The van der Waals surface area contributed by atoms with Crippen molar-refractivity contribution in [3.05, 3.63) is 22.6 Å². The molecule has 0 atom stereocenters. The van der Waals surface area contributed by atoms with Crippen molar-refractivity contribution in [2.75, 3.05) is 6.54 Å². The number of hydrogen-bond donors (Lipinski definition) is 1. The molecule has 0 saturated heterocycles. The summed E-state index contributed by atoms with van der Waals surface area (Å²) in [6.45, 7) is 0.658. The highest BCUT2D eigenvalue weighted by molar-refractivity contribution is 9.10. The molecule has 1 aliphatic carbocycles. The Hall–Kier alpha value is -0.810. The van der Waals surface area contributed by atoms with Gasteiger partial charge in [0.1, 0.15) is 5.76 Å². The molecule has 0 bridgehead atoms. The van der Waals surface area contributed by atoms with Gasteiger partial charge in [0.15, 0.2) is 4.67 Å². The Bertz CT molecular complexity index is 359. The van der Waals surface area contributed by atoms with Gasteiger partial charge in [0.2, 0.25) is 0 Å². The third-order valence-corrected chi connectivity index (χ3v) is 2.82. The zero-order valence-electron chi connectivity index (χ0n) is 8.15. The molecule has 82 valence electrons. The first-order valence-electron chi connectivity index (χ1n) is 4.85. The first kappa shape index (κ1) is 10.7. The fourth-order valence-electron chi connectivity index (χ4n) is 1.56. The van der Waals surface area contributed by atoms with Crippen LogP contribution in [0.25, 0.3) is 0 Å². The van der Waals surface area contributed by atoms with E-state index in [2.05, 4.69) is 15.9 Å². The van der Waals surface area contributed by atoms with E-state index >= 15 is 0 Å². The van der Waals surface area contributed by atoms with Gasteiger partial charge in [-0.1, -0.05) is 0 Å². The van der Waals surface area contributed by atoms with Crippen LogP contribution in [0.5, 0.6) is 0 Å². The quantitative estimate of drug-likeness (QED) is 0.893. The van der Waals surface area contributed by atoms with E-state index < -0.39 is 5.97 Å². The average molecular weight is 274 g/mol. The average Bonchev–Trinajstić information content (AvgIpc) is 2.90. The van der Waals surface area contributed by atoms with Crippen LogP contribution in [-0.4, -0.2) is 28.6 Å². The molecular weight excluding hydrogens is 262 g/mol. The topological polar surface area (TPSA) is 53.7 Å². The highest BCUT2D eigenvalue weighted by Crippen LogP contribution is 2.28. The number of rotatable bonds is 5. The van der Waals surface area contributed by atoms with Crippen molar-refractivity contribution in [1.82, 2.24) is 4.90 Å². The van der Waals surface area contributed by atoms with E-state index in [-0.39, 0.29) is 6.54 Å². The summed E-state index contributed by atoms with van der Waals surface area (Å²) < 4.78 is 6.04. The fraction of sp³-hybridized carbons (Fsp3) is 0.500. The van der Waals surface area contributed by atoms with E-state index in [1.54, 1.807) is 0 Å². The molecule has 0 unspecified atom stereocenters. The minimum absolute atomic E-state index is 0.0863. The Kier molecular flexibility index (Phi) is 3.11. The Morgan fingerprint density at radius 2 is 2.33 bits per heavy atom. The number of aliphatic carboxylic acids is 1. The van der Waals surface area contributed by atoms with Gasteiger partial charge in [0, 0.05) is 6.04 Å². The van der Waals surface area contributed by atoms with E-state index in [0.717, 1.165) is 18.6 Å². The number of hydrogen-bond acceptors (Lipinski definition) is 3. The summed E-state index contributed by atoms with van der Waals surface area (Å²) in [5.74, 6) is 0.0162. The lowest BCUT2D eigenvalue weighted by atomic mass is 10.3. The number of carboxylic acids is 1. The van der Waals surface area contributed by atoms with Crippen LogP contribution in [0.2, 0.25) is 0 Å². The van der Waals surface area contributed by atoms with Gasteiger partial charge in [0.05, 0.1) is 13.1 Å². The zero-order valence-corrected chi connectivity index (χ0v) is 9.74. The molecule has 1 N–H and O–H groups in total. The van der Waals surface area contributed by atoms with Gasteiger partial charge in [-0.05, 0) is 40.9 Å². The molecule has 5 heteroatoms. The van der Waals surface area contributed by atoms with E-state index in [1.165, 1.54) is 0 Å². The predicted molar refractivity (Wildman–Crippen MR) is 57.5 cm³/mol. The third kappa shape index (κ3) is 3.07. The van der Waals surface area contributed by atoms with Crippen molar-refractivity contribution >= 4 is 21.9 Å². The maximum Gasteiger partial charge on any atom is 0.317 e. The Labute approximate surface area is 96.0 Å². The second-order valence-electron chi connectivity index (χ2n) is 3.74. The molecule has 15 heavy (non-hydrogen) atoms. The largest absolute Gasteiger partial charge is 0.480 e. The Morgan fingerprint density at radius 1 is 1.60 bits per heavy atom. The van der Waals surface area contributed by atoms with Crippen molar-refractivity contribution in [2.45, 2.75) is 25.4 Å². The van der Waals surface area contributed by atoms with E-state index in [1.807, 2.05) is 17.0 Å². The Balaban J connectivity index is 1.96. The van der Waals surface area contributed by atoms with Crippen LogP contribution in [0.4, 0.5) is 0 Å². The van der Waals surface area contributed by atoms with Crippen LogP contribution in [0.3, 0.4) is 0 Å². The minimum atomic E-state index is -0.785. The predicted octanol–water partition coefficient (Wildman–Crippen LogP) is 2.09. The van der Waals surface area contributed by atoms with Gasteiger partial charge < -0.3 is 9.52 Å². The lowest BCUT2D eigenvalue weighted by Gasteiger charge is -2.17. The van der Waals surface area contributed by atoms with Crippen LogP contribution in [0, 0.1) is 0 Å². The van der Waals surface area contributed by atoms with Crippen molar-refractivity contribution in [2.24, 2.45) is 0 Å². The van der Waals surface area contributed by atoms with E-state index in [0.29, 0.717) is 17.3 Å². The van der Waals surface area contributed by atoms with Crippen LogP contribution in [0.15, 0.2) is 21.2 Å². The lowest BCUT2D eigenvalue weighted by Crippen LogP contribution is -2.31. The first-order chi connectivity index (χ1) is 7.15. The molecule has 0 radical (unpaired) electrons. The third-order valence-electron chi connectivity index (χ3n) is 2.39. The molecule has 1 aliphatic rings. The SMILES string of the molecule is O=C(O)CN(Cc1ccc(Br)o1)C1CC1. The summed E-state index contributed by atoms with van der Waals surface area (Å²) in [4.78, 5) is 12.6. The van der Waals surface area contributed by atoms with Crippen LogP contribution in [0.1, 0.15) is 18.6 Å². The molecular formula is C10H12BrNO3. The molecule has 4 nitrogen and oxygen atoms in total. The summed E-state index contributed by atoms with van der Waals surface area (Å²) in [5.41, 5.74) is 0. The van der Waals surface area contributed by atoms with Crippen molar-refractivity contribution in [3.63, 3.8) is 0 Å². The number of furan rings is 1. The fourth-order valence-corrected chi connectivity index (χ4v) is 1.90. The first-order valence-corrected chi connectivity index (χ1v) is 5.64. The summed E-state index contributed by atoms with van der Waals surface area (Å²) in [6, 6.07) is 4.10. The second-order valence-corrected chi connectivity index (χ2v) is 4.52. The maximum absolute atomic E-state index is 10.7.